The van der Waals surface area contributed by atoms with Gasteiger partial charge in [0, 0.05) is 6.07 Å². The molecule has 0 radical (unpaired) electrons. The van der Waals surface area contributed by atoms with Crippen molar-refractivity contribution >= 4 is 28.1 Å². The lowest BCUT2D eigenvalue weighted by atomic mass is 10.1. The first kappa shape index (κ1) is 10.7. The van der Waals surface area contributed by atoms with Gasteiger partial charge in [-0.15, -0.1) is 0 Å². The van der Waals surface area contributed by atoms with Crippen molar-refractivity contribution < 1.29 is 9.66 Å². The van der Waals surface area contributed by atoms with Gasteiger partial charge in [0.2, 0.25) is 0 Å². The summed E-state index contributed by atoms with van der Waals surface area (Å²) in [4.78, 5) is 10.4. The number of rotatable bonds is 2. The van der Waals surface area contributed by atoms with Gasteiger partial charge in [0.25, 0.3) is 5.69 Å². The van der Waals surface area contributed by atoms with Crippen LogP contribution in [-0.2, 0) is 0 Å². The van der Waals surface area contributed by atoms with Gasteiger partial charge >= 0.3 is 0 Å². The van der Waals surface area contributed by atoms with Crippen LogP contribution in [0.25, 0.3) is 10.8 Å². The molecule has 0 atom stereocenters. The number of methoxy groups -OCH3 is 1. The van der Waals surface area contributed by atoms with Crippen molar-refractivity contribution in [2.75, 3.05) is 7.11 Å². The average Bonchev–Trinajstić information content (AvgIpc) is 2.29. The van der Waals surface area contributed by atoms with Gasteiger partial charge in [-0.25, -0.2) is 0 Å². The van der Waals surface area contributed by atoms with Crippen LogP contribution >= 0.6 is 11.6 Å². The second-order valence-corrected chi connectivity index (χ2v) is 3.59. The first-order chi connectivity index (χ1) is 7.65. The Morgan fingerprint density at radius 3 is 2.69 bits per heavy atom. The Labute approximate surface area is 96.5 Å². The standard InChI is InChI=1S/C11H8ClNO3/c1-16-9-6-5-7-3-2-4-8(13(14)15)10(7)11(9)12/h2-6H,1H3. The summed E-state index contributed by atoms with van der Waals surface area (Å²) in [6.45, 7) is 0. The molecule has 0 aliphatic carbocycles. The number of fused-ring (bicyclic) bond motifs is 1. The van der Waals surface area contributed by atoms with Gasteiger partial charge < -0.3 is 4.74 Å². The molecular formula is C11H8ClNO3. The van der Waals surface area contributed by atoms with Gasteiger partial charge in [0.15, 0.2) is 0 Å². The number of halogens is 1. The molecule has 0 aliphatic rings. The third kappa shape index (κ3) is 1.57. The van der Waals surface area contributed by atoms with E-state index in [1.807, 2.05) is 0 Å². The maximum absolute atomic E-state index is 10.9. The molecule has 82 valence electrons. The zero-order valence-electron chi connectivity index (χ0n) is 8.44. The Morgan fingerprint density at radius 1 is 1.31 bits per heavy atom. The number of nitrogens with zero attached hydrogens (tertiary/aromatic N) is 1. The highest BCUT2D eigenvalue weighted by Crippen LogP contribution is 2.37. The summed E-state index contributed by atoms with van der Waals surface area (Å²) in [6, 6.07) is 8.26. The minimum absolute atomic E-state index is 0.0126. The molecule has 0 fully saturated rings. The zero-order chi connectivity index (χ0) is 11.7. The lowest BCUT2D eigenvalue weighted by Crippen LogP contribution is -1.91. The average molecular weight is 238 g/mol. The van der Waals surface area contributed by atoms with Gasteiger partial charge in [-0.3, -0.25) is 10.1 Å². The zero-order valence-corrected chi connectivity index (χ0v) is 9.19. The van der Waals surface area contributed by atoms with Gasteiger partial charge in [-0.2, -0.15) is 0 Å². The van der Waals surface area contributed by atoms with E-state index in [1.165, 1.54) is 13.2 Å². The number of nitro benzene ring substituents is 1. The number of hydrogen-bond acceptors (Lipinski definition) is 3. The van der Waals surface area contributed by atoms with E-state index in [1.54, 1.807) is 24.3 Å². The molecule has 0 aliphatic heterocycles. The van der Waals surface area contributed by atoms with E-state index in [0.717, 1.165) is 5.39 Å². The van der Waals surface area contributed by atoms with Gasteiger partial charge in [-0.05, 0) is 11.5 Å². The number of ether oxygens (including phenoxy) is 1. The van der Waals surface area contributed by atoms with Crippen LogP contribution in [0.15, 0.2) is 30.3 Å². The largest absolute Gasteiger partial charge is 0.495 e. The maximum atomic E-state index is 10.9. The van der Waals surface area contributed by atoms with Crippen molar-refractivity contribution in [2.45, 2.75) is 0 Å². The number of benzene rings is 2. The van der Waals surface area contributed by atoms with Gasteiger partial charge in [0.05, 0.1) is 22.4 Å². The monoisotopic (exact) mass is 237 g/mol. The predicted octanol–water partition coefficient (Wildman–Crippen LogP) is 3.41. The minimum Gasteiger partial charge on any atom is -0.495 e. The Kier molecular flexibility index (Phi) is 2.66. The topological polar surface area (TPSA) is 52.4 Å². The highest BCUT2D eigenvalue weighted by Gasteiger charge is 2.16. The van der Waals surface area contributed by atoms with E-state index in [9.17, 15) is 10.1 Å². The summed E-state index contributed by atoms with van der Waals surface area (Å²) in [7, 11) is 1.47. The number of hydrogen-bond donors (Lipinski definition) is 0. The normalized spacial score (nSPS) is 10.4. The minimum atomic E-state index is -0.451. The van der Waals surface area contributed by atoms with Crippen molar-refractivity contribution in [1.29, 1.82) is 0 Å². The van der Waals surface area contributed by atoms with Crippen molar-refractivity contribution in [2.24, 2.45) is 0 Å². The quantitative estimate of drug-likeness (QED) is 0.594. The van der Waals surface area contributed by atoms with Crippen LogP contribution in [0.1, 0.15) is 0 Å². The second-order valence-electron chi connectivity index (χ2n) is 3.21. The van der Waals surface area contributed by atoms with Crippen LogP contribution in [0, 0.1) is 10.1 Å². The van der Waals surface area contributed by atoms with E-state index >= 15 is 0 Å². The Bertz CT molecular complexity index is 568. The molecule has 2 rings (SSSR count). The molecule has 0 heterocycles. The molecule has 0 saturated carbocycles. The Morgan fingerprint density at radius 2 is 2.06 bits per heavy atom. The highest BCUT2D eigenvalue weighted by atomic mass is 35.5. The smallest absolute Gasteiger partial charge is 0.278 e. The molecule has 0 N–H and O–H groups in total. The molecule has 0 bridgehead atoms. The molecule has 2 aromatic carbocycles. The van der Waals surface area contributed by atoms with E-state index in [0.29, 0.717) is 11.1 Å². The maximum Gasteiger partial charge on any atom is 0.278 e. The summed E-state index contributed by atoms with van der Waals surface area (Å²) in [5.41, 5.74) is -0.0126. The fourth-order valence-electron chi connectivity index (χ4n) is 1.61. The molecule has 0 amide bonds. The summed E-state index contributed by atoms with van der Waals surface area (Å²) in [6.07, 6.45) is 0. The second kappa shape index (κ2) is 3.98. The molecular weight excluding hydrogens is 230 g/mol. The molecule has 0 spiro atoms. The lowest BCUT2D eigenvalue weighted by molar-refractivity contribution is -0.383. The predicted molar refractivity (Wildman–Crippen MR) is 62.2 cm³/mol. The van der Waals surface area contributed by atoms with Crippen molar-refractivity contribution in [1.82, 2.24) is 0 Å². The molecule has 0 unspecified atom stereocenters. The lowest BCUT2D eigenvalue weighted by Gasteiger charge is -2.06. The summed E-state index contributed by atoms with van der Waals surface area (Å²) < 4.78 is 5.03. The molecule has 0 aromatic heterocycles. The summed E-state index contributed by atoms with van der Waals surface area (Å²) in [5, 5.41) is 12.3. The summed E-state index contributed by atoms with van der Waals surface area (Å²) >= 11 is 6.06. The first-order valence-corrected chi connectivity index (χ1v) is 4.92. The van der Waals surface area contributed by atoms with Crippen LogP contribution in [-0.4, -0.2) is 12.0 Å². The number of non-ortho nitro benzene ring substituents is 1. The van der Waals surface area contributed by atoms with E-state index in [4.69, 9.17) is 16.3 Å². The fourth-order valence-corrected chi connectivity index (χ4v) is 1.95. The fraction of sp³-hybridized carbons (Fsp3) is 0.0909. The molecule has 16 heavy (non-hydrogen) atoms. The van der Waals surface area contributed by atoms with Crippen molar-refractivity contribution in [3.63, 3.8) is 0 Å². The van der Waals surface area contributed by atoms with Crippen LogP contribution < -0.4 is 4.74 Å². The third-order valence-corrected chi connectivity index (χ3v) is 2.72. The number of nitro groups is 1. The molecule has 2 aromatic rings. The molecule has 5 heteroatoms. The first-order valence-electron chi connectivity index (χ1n) is 4.54. The van der Waals surface area contributed by atoms with Gasteiger partial charge in [-0.1, -0.05) is 29.8 Å². The van der Waals surface area contributed by atoms with Crippen LogP contribution in [0.5, 0.6) is 5.75 Å². The summed E-state index contributed by atoms with van der Waals surface area (Å²) in [5.74, 6) is 0.434. The molecule has 0 saturated heterocycles. The van der Waals surface area contributed by atoms with Crippen LogP contribution in [0.4, 0.5) is 5.69 Å². The third-order valence-electron chi connectivity index (χ3n) is 2.34. The Hall–Kier alpha value is -1.81. The van der Waals surface area contributed by atoms with E-state index in [-0.39, 0.29) is 10.7 Å². The van der Waals surface area contributed by atoms with Crippen LogP contribution in [0.2, 0.25) is 5.02 Å². The highest BCUT2D eigenvalue weighted by molar-refractivity contribution is 6.37. The van der Waals surface area contributed by atoms with Crippen LogP contribution in [0.3, 0.4) is 0 Å². The van der Waals surface area contributed by atoms with Crippen molar-refractivity contribution in [3.8, 4) is 5.75 Å². The van der Waals surface area contributed by atoms with E-state index < -0.39 is 4.92 Å². The molecule has 4 nitrogen and oxygen atoms in total. The van der Waals surface area contributed by atoms with Crippen molar-refractivity contribution in [3.05, 3.63) is 45.5 Å². The van der Waals surface area contributed by atoms with Gasteiger partial charge in [0.1, 0.15) is 5.75 Å². The SMILES string of the molecule is COc1ccc2cccc([N+](=O)[O-])c2c1Cl. The Balaban J connectivity index is 2.88. The van der Waals surface area contributed by atoms with E-state index in [2.05, 4.69) is 0 Å².